The Balaban J connectivity index is 1.66. The second-order valence-electron chi connectivity index (χ2n) is 7.86. The molecule has 1 amide bonds. The summed E-state index contributed by atoms with van der Waals surface area (Å²) in [5.41, 5.74) is 3.13. The standard InChI is InChI=1S/C26H20FNO3/c1-16-7-9-18(10-8-16)23-22-24(29)20-15-19(27)11-12-21(20)31-25(22)26(30)28(23)14-13-17-5-3-2-4-6-17/h2-12,15,23H,13-14H2,1H3/t23-/m0/s1. The number of rotatable bonds is 4. The summed E-state index contributed by atoms with van der Waals surface area (Å²) in [6, 6.07) is 20.9. The van der Waals surface area contributed by atoms with Gasteiger partial charge in [-0.2, -0.15) is 0 Å². The molecule has 154 valence electrons. The van der Waals surface area contributed by atoms with Crippen molar-refractivity contribution in [2.24, 2.45) is 0 Å². The average Bonchev–Trinajstić information content (AvgIpc) is 3.06. The predicted octanol–water partition coefficient (Wildman–Crippen LogP) is 5.03. The normalized spacial score (nSPS) is 15.5. The zero-order valence-corrected chi connectivity index (χ0v) is 17.0. The lowest BCUT2D eigenvalue weighted by Crippen LogP contribution is -2.31. The number of benzene rings is 3. The Kier molecular flexibility index (Phi) is 4.66. The van der Waals surface area contributed by atoms with Gasteiger partial charge in [0, 0.05) is 6.54 Å². The molecule has 0 N–H and O–H groups in total. The first-order valence-corrected chi connectivity index (χ1v) is 10.2. The topological polar surface area (TPSA) is 50.5 Å². The van der Waals surface area contributed by atoms with Gasteiger partial charge in [-0.05, 0) is 42.7 Å². The highest BCUT2D eigenvalue weighted by Crippen LogP contribution is 2.38. The van der Waals surface area contributed by atoms with Gasteiger partial charge >= 0.3 is 0 Å². The minimum Gasteiger partial charge on any atom is -0.450 e. The van der Waals surface area contributed by atoms with Gasteiger partial charge in [0.15, 0.2) is 5.43 Å². The molecular formula is C26H20FNO3. The Bertz CT molecular complexity index is 1340. The molecule has 4 aromatic rings. The molecule has 0 bridgehead atoms. The highest BCUT2D eigenvalue weighted by atomic mass is 19.1. The number of amides is 1. The minimum absolute atomic E-state index is 0.0442. The Morgan fingerprint density at radius 2 is 1.71 bits per heavy atom. The zero-order valence-electron chi connectivity index (χ0n) is 17.0. The lowest BCUT2D eigenvalue weighted by Gasteiger charge is -2.25. The third kappa shape index (κ3) is 3.32. The Hall–Kier alpha value is -3.73. The number of hydrogen-bond acceptors (Lipinski definition) is 3. The predicted molar refractivity (Wildman–Crippen MR) is 117 cm³/mol. The molecule has 5 heteroatoms. The van der Waals surface area contributed by atoms with Crippen LogP contribution in [0.1, 0.15) is 38.9 Å². The number of nitrogens with zero attached hydrogens (tertiary/aromatic N) is 1. The van der Waals surface area contributed by atoms with Crippen LogP contribution in [0.2, 0.25) is 0 Å². The fourth-order valence-electron chi connectivity index (χ4n) is 4.21. The monoisotopic (exact) mass is 413 g/mol. The molecule has 1 aliphatic heterocycles. The Labute approximate surface area is 178 Å². The third-order valence-corrected chi connectivity index (χ3v) is 5.81. The van der Waals surface area contributed by atoms with Crippen LogP contribution in [0.4, 0.5) is 4.39 Å². The van der Waals surface area contributed by atoms with Crippen molar-refractivity contribution in [3.05, 3.63) is 117 Å². The van der Waals surface area contributed by atoms with E-state index in [0.717, 1.165) is 16.7 Å². The molecule has 3 aromatic carbocycles. The molecule has 0 saturated carbocycles. The van der Waals surface area contributed by atoms with Crippen LogP contribution in [0, 0.1) is 12.7 Å². The summed E-state index contributed by atoms with van der Waals surface area (Å²) in [7, 11) is 0. The number of carbonyl (C=O) groups is 1. The summed E-state index contributed by atoms with van der Waals surface area (Å²) < 4.78 is 19.7. The molecule has 0 saturated heterocycles. The maximum atomic E-state index is 13.8. The molecule has 1 aromatic heterocycles. The number of halogens is 1. The van der Waals surface area contributed by atoms with Gasteiger partial charge in [-0.3, -0.25) is 9.59 Å². The number of hydrogen-bond donors (Lipinski definition) is 0. The molecule has 0 aliphatic carbocycles. The van der Waals surface area contributed by atoms with Crippen LogP contribution >= 0.6 is 0 Å². The molecule has 0 unspecified atom stereocenters. The molecular weight excluding hydrogens is 393 g/mol. The quantitative estimate of drug-likeness (QED) is 0.472. The maximum absolute atomic E-state index is 13.8. The second kappa shape index (κ2) is 7.51. The summed E-state index contributed by atoms with van der Waals surface area (Å²) in [4.78, 5) is 28.4. The lowest BCUT2D eigenvalue weighted by molar-refractivity contribution is 0.0730. The van der Waals surface area contributed by atoms with E-state index in [4.69, 9.17) is 4.42 Å². The van der Waals surface area contributed by atoms with Crippen molar-refractivity contribution < 1.29 is 13.6 Å². The first kappa shape index (κ1) is 19.2. The highest BCUT2D eigenvalue weighted by Gasteiger charge is 2.42. The molecule has 31 heavy (non-hydrogen) atoms. The van der Waals surface area contributed by atoms with Crippen molar-refractivity contribution in [3.63, 3.8) is 0 Å². The van der Waals surface area contributed by atoms with Gasteiger partial charge in [-0.15, -0.1) is 0 Å². The fraction of sp³-hybridized carbons (Fsp3) is 0.154. The fourth-order valence-corrected chi connectivity index (χ4v) is 4.21. The molecule has 4 nitrogen and oxygen atoms in total. The summed E-state index contributed by atoms with van der Waals surface area (Å²) in [5.74, 6) is -0.792. The molecule has 2 heterocycles. The van der Waals surface area contributed by atoms with Crippen LogP contribution in [0.15, 0.2) is 82.0 Å². The largest absolute Gasteiger partial charge is 0.450 e. The zero-order chi connectivity index (χ0) is 21.5. The summed E-state index contributed by atoms with van der Waals surface area (Å²) in [6.45, 7) is 2.41. The van der Waals surface area contributed by atoms with Gasteiger partial charge < -0.3 is 9.32 Å². The van der Waals surface area contributed by atoms with Gasteiger partial charge in [0.1, 0.15) is 11.4 Å². The molecule has 1 atom stereocenters. The van der Waals surface area contributed by atoms with Crippen LogP contribution in [-0.2, 0) is 6.42 Å². The van der Waals surface area contributed by atoms with Crippen molar-refractivity contribution in [1.29, 1.82) is 0 Å². The Morgan fingerprint density at radius 1 is 0.968 bits per heavy atom. The molecule has 0 spiro atoms. The van der Waals surface area contributed by atoms with E-state index in [-0.39, 0.29) is 33.6 Å². The van der Waals surface area contributed by atoms with Gasteiger partial charge in [-0.25, -0.2) is 4.39 Å². The summed E-state index contributed by atoms with van der Waals surface area (Å²) in [6.07, 6.45) is 0.644. The number of aryl methyl sites for hydroxylation is 1. The van der Waals surface area contributed by atoms with E-state index in [2.05, 4.69) is 0 Å². The van der Waals surface area contributed by atoms with Crippen LogP contribution in [-0.4, -0.2) is 17.4 Å². The molecule has 5 rings (SSSR count). The van der Waals surface area contributed by atoms with Crippen LogP contribution in [0.25, 0.3) is 11.0 Å². The third-order valence-electron chi connectivity index (χ3n) is 5.81. The molecule has 0 fully saturated rings. The van der Waals surface area contributed by atoms with Crippen molar-refractivity contribution in [2.75, 3.05) is 6.54 Å². The van der Waals surface area contributed by atoms with E-state index in [1.54, 1.807) is 4.90 Å². The van der Waals surface area contributed by atoms with E-state index in [1.807, 2.05) is 61.5 Å². The van der Waals surface area contributed by atoms with Gasteiger partial charge in [0.25, 0.3) is 5.91 Å². The van der Waals surface area contributed by atoms with Crippen LogP contribution in [0.3, 0.4) is 0 Å². The summed E-state index contributed by atoms with van der Waals surface area (Å²) >= 11 is 0. The van der Waals surface area contributed by atoms with Crippen molar-refractivity contribution in [2.45, 2.75) is 19.4 Å². The van der Waals surface area contributed by atoms with E-state index >= 15 is 0 Å². The van der Waals surface area contributed by atoms with E-state index in [9.17, 15) is 14.0 Å². The highest BCUT2D eigenvalue weighted by molar-refractivity contribution is 5.99. The van der Waals surface area contributed by atoms with Gasteiger partial charge in [0.05, 0.1) is 17.0 Å². The number of fused-ring (bicyclic) bond motifs is 2. The molecule has 1 aliphatic rings. The summed E-state index contributed by atoms with van der Waals surface area (Å²) in [5, 5.41) is 0.147. The minimum atomic E-state index is -0.573. The first-order chi connectivity index (χ1) is 15.0. The van der Waals surface area contributed by atoms with Crippen LogP contribution in [0.5, 0.6) is 0 Å². The first-order valence-electron chi connectivity index (χ1n) is 10.2. The SMILES string of the molecule is Cc1ccc([C@H]2c3c(oc4ccc(F)cc4c3=O)C(=O)N2CCc2ccccc2)cc1. The number of carbonyl (C=O) groups excluding carboxylic acids is 1. The average molecular weight is 413 g/mol. The van der Waals surface area contributed by atoms with Crippen molar-refractivity contribution >= 4 is 16.9 Å². The second-order valence-corrected chi connectivity index (χ2v) is 7.86. The Morgan fingerprint density at radius 3 is 2.45 bits per heavy atom. The maximum Gasteiger partial charge on any atom is 0.290 e. The van der Waals surface area contributed by atoms with Crippen molar-refractivity contribution in [1.82, 2.24) is 4.90 Å². The van der Waals surface area contributed by atoms with Gasteiger partial charge in [-0.1, -0.05) is 60.2 Å². The van der Waals surface area contributed by atoms with Gasteiger partial charge in [0.2, 0.25) is 5.76 Å². The smallest absolute Gasteiger partial charge is 0.290 e. The van der Waals surface area contributed by atoms with E-state index in [1.165, 1.54) is 18.2 Å². The van der Waals surface area contributed by atoms with Crippen LogP contribution < -0.4 is 5.43 Å². The lowest BCUT2D eigenvalue weighted by atomic mass is 9.97. The molecule has 0 radical (unpaired) electrons. The van der Waals surface area contributed by atoms with E-state index < -0.39 is 11.9 Å². The van der Waals surface area contributed by atoms with E-state index in [0.29, 0.717) is 13.0 Å². The van der Waals surface area contributed by atoms with Crippen molar-refractivity contribution in [3.8, 4) is 0 Å².